The van der Waals surface area contributed by atoms with E-state index in [0.29, 0.717) is 0 Å². The number of nitrogens with zero attached hydrogens (tertiary/aromatic N) is 2. The molecule has 1 aromatic heterocycles. The Morgan fingerprint density at radius 2 is 2.38 bits per heavy atom. The molecule has 1 aromatic rings. The maximum Gasteiger partial charge on any atom is 0.125 e. The molecule has 0 saturated carbocycles. The van der Waals surface area contributed by atoms with Crippen molar-refractivity contribution in [2.24, 2.45) is 0 Å². The molecule has 0 unspecified atom stereocenters. The Labute approximate surface area is 78.9 Å². The molecule has 1 rings (SSSR count). The van der Waals surface area contributed by atoms with Crippen LogP contribution in [0.4, 0.5) is 0 Å². The third-order valence-electron chi connectivity index (χ3n) is 1.65. The molecule has 3 nitrogen and oxygen atoms in total. The summed E-state index contributed by atoms with van der Waals surface area (Å²) in [5, 5.41) is 3.09. The van der Waals surface area contributed by atoms with Crippen molar-refractivity contribution >= 4 is 6.08 Å². The molecule has 0 aliphatic carbocycles. The number of aromatic nitrogens is 2. The summed E-state index contributed by atoms with van der Waals surface area (Å²) in [6.45, 7) is 4.86. The van der Waals surface area contributed by atoms with Gasteiger partial charge in [0, 0.05) is 12.7 Å². The normalized spacial score (nSPS) is 11.8. The highest BCUT2D eigenvalue weighted by molar-refractivity contribution is 5.48. The highest BCUT2D eigenvalue weighted by Gasteiger charge is 1.92. The second-order valence-corrected chi connectivity index (χ2v) is 3.05. The third kappa shape index (κ3) is 3.34. The van der Waals surface area contributed by atoms with Crippen molar-refractivity contribution in [3.63, 3.8) is 0 Å². The number of nitrogens with one attached hydrogen (secondary N) is 1. The molecule has 0 aliphatic heterocycles. The largest absolute Gasteiger partial charge is 0.316 e. The summed E-state index contributed by atoms with van der Waals surface area (Å²) >= 11 is 0. The van der Waals surface area contributed by atoms with Crippen LogP contribution in [-0.2, 0) is 0 Å². The first-order valence-corrected chi connectivity index (χ1v) is 4.34. The first kappa shape index (κ1) is 9.86. The van der Waals surface area contributed by atoms with E-state index in [2.05, 4.69) is 28.3 Å². The van der Waals surface area contributed by atoms with Gasteiger partial charge in [-0.05, 0) is 33.0 Å². The van der Waals surface area contributed by atoms with Gasteiger partial charge in [-0.3, -0.25) is 0 Å². The topological polar surface area (TPSA) is 37.8 Å². The van der Waals surface area contributed by atoms with E-state index in [0.717, 1.165) is 18.1 Å². The van der Waals surface area contributed by atoms with Crippen LogP contribution in [0.25, 0.3) is 6.08 Å². The number of aryl methyl sites for hydroxylation is 1. The molecular formula is C10H15N3. The molecule has 0 fully saturated rings. The van der Waals surface area contributed by atoms with Crippen LogP contribution in [0.3, 0.4) is 0 Å². The lowest BCUT2D eigenvalue weighted by atomic mass is 10.2. The maximum atomic E-state index is 4.28. The van der Waals surface area contributed by atoms with Crippen molar-refractivity contribution < 1.29 is 0 Å². The lowest BCUT2D eigenvalue weighted by Gasteiger charge is -1.99. The zero-order valence-electron chi connectivity index (χ0n) is 8.33. The van der Waals surface area contributed by atoms with Crippen molar-refractivity contribution in [1.29, 1.82) is 0 Å². The van der Waals surface area contributed by atoms with E-state index >= 15 is 0 Å². The summed E-state index contributed by atoms with van der Waals surface area (Å²) in [7, 11) is 1.93. The fourth-order valence-electron chi connectivity index (χ4n) is 1.14. The van der Waals surface area contributed by atoms with Crippen LogP contribution in [-0.4, -0.2) is 23.6 Å². The summed E-state index contributed by atoms with van der Waals surface area (Å²) < 4.78 is 0. The molecule has 3 heteroatoms. The van der Waals surface area contributed by atoms with Gasteiger partial charge in [-0.15, -0.1) is 0 Å². The Morgan fingerprint density at radius 1 is 1.62 bits per heavy atom. The van der Waals surface area contributed by atoms with Gasteiger partial charge in [-0.1, -0.05) is 5.57 Å². The quantitative estimate of drug-likeness (QED) is 0.758. The second kappa shape index (κ2) is 4.72. The van der Waals surface area contributed by atoms with E-state index in [-0.39, 0.29) is 0 Å². The highest BCUT2D eigenvalue weighted by atomic mass is 14.9. The SMILES string of the molecule is CNC/C(C)=C/c1ccnc(C)n1. The summed E-state index contributed by atoms with van der Waals surface area (Å²) in [5.74, 6) is 0.811. The van der Waals surface area contributed by atoms with Gasteiger partial charge in [0.25, 0.3) is 0 Å². The number of likely N-dealkylation sites (N-methyl/N-ethyl adjacent to an activating group) is 1. The van der Waals surface area contributed by atoms with Crippen molar-refractivity contribution in [1.82, 2.24) is 15.3 Å². The van der Waals surface area contributed by atoms with Crippen LogP contribution < -0.4 is 5.32 Å². The summed E-state index contributed by atoms with van der Waals surface area (Å²) in [6.07, 6.45) is 3.84. The summed E-state index contributed by atoms with van der Waals surface area (Å²) in [4.78, 5) is 8.32. The van der Waals surface area contributed by atoms with Crippen LogP contribution in [0, 0.1) is 6.92 Å². The first-order valence-electron chi connectivity index (χ1n) is 4.34. The molecule has 0 radical (unpaired) electrons. The highest BCUT2D eigenvalue weighted by Crippen LogP contribution is 2.02. The minimum Gasteiger partial charge on any atom is -0.316 e. The zero-order valence-corrected chi connectivity index (χ0v) is 8.33. The number of hydrogen-bond acceptors (Lipinski definition) is 3. The molecule has 0 bridgehead atoms. The van der Waals surface area contributed by atoms with E-state index < -0.39 is 0 Å². The predicted molar refractivity (Wildman–Crippen MR) is 54.3 cm³/mol. The minimum atomic E-state index is 0.811. The van der Waals surface area contributed by atoms with E-state index in [4.69, 9.17) is 0 Å². The third-order valence-corrected chi connectivity index (χ3v) is 1.65. The van der Waals surface area contributed by atoms with Crippen molar-refractivity contribution in [2.45, 2.75) is 13.8 Å². The van der Waals surface area contributed by atoms with E-state index in [1.54, 1.807) is 6.20 Å². The Bertz CT molecular complexity index is 305. The Hall–Kier alpha value is -1.22. The zero-order chi connectivity index (χ0) is 9.68. The molecule has 70 valence electrons. The molecule has 0 aromatic carbocycles. The molecule has 0 atom stereocenters. The van der Waals surface area contributed by atoms with Crippen LogP contribution in [0.15, 0.2) is 17.8 Å². The van der Waals surface area contributed by atoms with Gasteiger partial charge >= 0.3 is 0 Å². The van der Waals surface area contributed by atoms with Crippen LogP contribution >= 0.6 is 0 Å². The van der Waals surface area contributed by atoms with Gasteiger partial charge in [0.1, 0.15) is 5.82 Å². The van der Waals surface area contributed by atoms with Gasteiger partial charge in [-0.2, -0.15) is 0 Å². The molecule has 0 amide bonds. The number of hydrogen-bond donors (Lipinski definition) is 1. The lowest BCUT2D eigenvalue weighted by Crippen LogP contribution is -2.08. The molecule has 0 saturated heterocycles. The van der Waals surface area contributed by atoms with E-state index in [1.165, 1.54) is 5.57 Å². The first-order chi connectivity index (χ1) is 6.22. The smallest absolute Gasteiger partial charge is 0.125 e. The summed E-state index contributed by atoms with van der Waals surface area (Å²) in [5.41, 5.74) is 2.24. The van der Waals surface area contributed by atoms with Gasteiger partial charge in [0.2, 0.25) is 0 Å². The fraction of sp³-hybridized carbons (Fsp3) is 0.400. The average molecular weight is 177 g/mol. The van der Waals surface area contributed by atoms with E-state index in [9.17, 15) is 0 Å². The number of rotatable bonds is 3. The molecule has 1 heterocycles. The lowest BCUT2D eigenvalue weighted by molar-refractivity contribution is 0.883. The molecular weight excluding hydrogens is 162 g/mol. The molecule has 0 aliphatic rings. The van der Waals surface area contributed by atoms with Crippen LogP contribution in [0.5, 0.6) is 0 Å². The average Bonchev–Trinajstić information content (AvgIpc) is 2.04. The van der Waals surface area contributed by atoms with Gasteiger partial charge in [0.15, 0.2) is 0 Å². The van der Waals surface area contributed by atoms with Gasteiger partial charge in [-0.25, -0.2) is 9.97 Å². The summed E-state index contributed by atoms with van der Waals surface area (Å²) in [6, 6.07) is 1.91. The second-order valence-electron chi connectivity index (χ2n) is 3.05. The van der Waals surface area contributed by atoms with E-state index in [1.807, 2.05) is 20.0 Å². The fourth-order valence-corrected chi connectivity index (χ4v) is 1.14. The monoisotopic (exact) mass is 177 g/mol. The minimum absolute atomic E-state index is 0.811. The molecule has 0 spiro atoms. The molecule has 1 N–H and O–H groups in total. The van der Waals surface area contributed by atoms with Crippen LogP contribution in [0.1, 0.15) is 18.4 Å². The predicted octanol–water partition coefficient (Wildman–Crippen LogP) is 1.41. The van der Waals surface area contributed by atoms with Crippen molar-refractivity contribution in [3.8, 4) is 0 Å². The Kier molecular flexibility index (Phi) is 3.58. The maximum absolute atomic E-state index is 4.28. The Balaban J connectivity index is 2.78. The molecule has 13 heavy (non-hydrogen) atoms. The standard InChI is InChI=1S/C10H15N3/c1-8(7-11-3)6-10-4-5-12-9(2)13-10/h4-6,11H,7H2,1-3H3/b8-6+. The van der Waals surface area contributed by atoms with Crippen molar-refractivity contribution in [3.05, 3.63) is 29.4 Å². The van der Waals surface area contributed by atoms with Crippen molar-refractivity contribution in [2.75, 3.05) is 13.6 Å². The van der Waals surface area contributed by atoms with Gasteiger partial charge < -0.3 is 5.32 Å². The van der Waals surface area contributed by atoms with Crippen LogP contribution in [0.2, 0.25) is 0 Å². The Morgan fingerprint density at radius 3 is 3.00 bits per heavy atom. The van der Waals surface area contributed by atoms with Gasteiger partial charge in [0.05, 0.1) is 5.69 Å².